The third kappa shape index (κ3) is 5.32. The number of hydrogen-bond donors (Lipinski definition) is 1. The van der Waals surface area contributed by atoms with Gasteiger partial charge >= 0.3 is 0 Å². The van der Waals surface area contributed by atoms with Crippen molar-refractivity contribution in [1.29, 1.82) is 0 Å². The van der Waals surface area contributed by atoms with Crippen LogP contribution < -0.4 is 5.32 Å². The zero-order chi connectivity index (χ0) is 21.5. The quantitative estimate of drug-likeness (QED) is 0.394. The predicted octanol–water partition coefficient (Wildman–Crippen LogP) is 5.47. The maximum atomic E-state index is 13.7. The molecule has 4 rings (SSSR count). The molecule has 1 heterocycles. The van der Waals surface area contributed by atoms with E-state index in [2.05, 4.69) is 15.5 Å². The van der Waals surface area contributed by atoms with E-state index in [1.54, 1.807) is 12.1 Å². The minimum atomic E-state index is -0.458. The Balaban J connectivity index is 1.48. The van der Waals surface area contributed by atoms with Crippen LogP contribution in [0.15, 0.2) is 90.1 Å². The van der Waals surface area contributed by atoms with Gasteiger partial charge in [-0.05, 0) is 12.1 Å². The van der Waals surface area contributed by atoms with Crippen LogP contribution in [-0.4, -0.2) is 26.8 Å². The molecule has 0 unspecified atom stereocenters. The molecule has 3 aromatic carbocycles. The van der Waals surface area contributed by atoms with Crippen molar-refractivity contribution in [3.05, 3.63) is 90.7 Å². The molecule has 0 atom stereocenters. The van der Waals surface area contributed by atoms with Gasteiger partial charge in [0.05, 0.1) is 5.69 Å². The Morgan fingerprint density at radius 2 is 1.42 bits per heavy atom. The molecule has 0 aliphatic carbocycles. The Labute approximate surface area is 183 Å². The lowest BCUT2D eigenvalue weighted by Gasteiger charge is -2.09. The Hall–Kier alpha value is -3.58. The van der Waals surface area contributed by atoms with Crippen LogP contribution in [0.25, 0.3) is 22.5 Å². The number of nitrogens with zero attached hydrogens (tertiary/aromatic N) is 3. The SMILES string of the molecule is O=C(CCSc1nnc(-c2ccccc2)c(-c2ccccc2)n1)Nc1ccccc1F. The Morgan fingerprint density at radius 1 is 0.806 bits per heavy atom. The van der Waals surface area contributed by atoms with Crippen LogP contribution in [0.4, 0.5) is 10.1 Å². The summed E-state index contributed by atoms with van der Waals surface area (Å²) >= 11 is 1.34. The third-order valence-corrected chi connectivity index (χ3v) is 5.31. The maximum absolute atomic E-state index is 13.7. The number of carbonyl (C=O) groups is 1. The number of halogens is 1. The number of nitrogens with one attached hydrogen (secondary N) is 1. The van der Waals surface area contributed by atoms with Crippen molar-refractivity contribution in [2.75, 3.05) is 11.1 Å². The van der Waals surface area contributed by atoms with Crippen molar-refractivity contribution in [3.63, 3.8) is 0 Å². The Kier molecular flexibility index (Phi) is 6.64. The molecule has 0 saturated carbocycles. The third-order valence-electron chi connectivity index (χ3n) is 4.47. The van der Waals surface area contributed by atoms with Crippen LogP contribution in [0.2, 0.25) is 0 Å². The van der Waals surface area contributed by atoms with E-state index >= 15 is 0 Å². The lowest BCUT2D eigenvalue weighted by Crippen LogP contribution is -2.13. The molecule has 4 aromatic rings. The molecule has 0 saturated heterocycles. The standard InChI is InChI=1S/C24H19FN4OS/c25-19-13-7-8-14-20(19)26-21(30)15-16-31-24-27-22(17-9-3-1-4-10-17)23(28-29-24)18-11-5-2-6-12-18/h1-14H,15-16H2,(H,26,30). The monoisotopic (exact) mass is 430 g/mol. The first-order valence-electron chi connectivity index (χ1n) is 9.73. The molecule has 0 spiro atoms. The van der Waals surface area contributed by atoms with Crippen molar-refractivity contribution in [3.8, 4) is 22.5 Å². The summed E-state index contributed by atoms with van der Waals surface area (Å²) < 4.78 is 13.7. The number of rotatable bonds is 7. The number of anilines is 1. The number of thioether (sulfide) groups is 1. The molecule has 1 aromatic heterocycles. The molecule has 1 amide bonds. The zero-order valence-electron chi connectivity index (χ0n) is 16.5. The van der Waals surface area contributed by atoms with E-state index in [1.165, 1.54) is 23.9 Å². The summed E-state index contributed by atoms with van der Waals surface area (Å²) in [6, 6.07) is 25.7. The van der Waals surface area contributed by atoms with E-state index in [1.807, 2.05) is 60.7 Å². The summed E-state index contributed by atoms with van der Waals surface area (Å²) in [6.45, 7) is 0. The number of carbonyl (C=O) groups excluding carboxylic acids is 1. The summed E-state index contributed by atoms with van der Waals surface area (Å²) in [7, 11) is 0. The Morgan fingerprint density at radius 3 is 2.10 bits per heavy atom. The molecule has 0 fully saturated rings. The van der Waals surface area contributed by atoms with E-state index in [9.17, 15) is 9.18 Å². The number of amides is 1. The van der Waals surface area contributed by atoms with E-state index in [-0.39, 0.29) is 18.0 Å². The van der Waals surface area contributed by atoms with Gasteiger partial charge < -0.3 is 5.32 Å². The highest BCUT2D eigenvalue weighted by atomic mass is 32.2. The van der Waals surface area contributed by atoms with Crippen LogP contribution in [0.3, 0.4) is 0 Å². The van der Waals surface area contributed by atoms with E-state index in [0.717, 1.165) is 16.8 Å². The van der Waals surface area contributed by atoms with Gasteiger partial charge in [0, 0.05) is 23.3 Å². The summed E-state index contributed by atoms with van der Waals surface area (Å²) in [5, 5.41) is 11.7. The minimum absolute atomic E-state index is 0.175. The fraction of sp³-hybridized carbons (Fsp3) is 0.0833. The average molecular weight is 431 g/mol. The molecule has 5 nitrogen and oxygen atoms in total. The van der Waals surface area contributed by atoms with Crippen LogP contribution in [-0.2, 0) is 4.79 Å². The molecule has 31 heavy (non-hydrogen) atoms. The number of para-hydroxylation sites is 1. The van der Waals surface area contributed by atoms with Crippen molar-refractivity contribution >= 4 is 23.4 Å². The summed E-state index contributed by atoms with van der Waals surface area (Å²) in [4.78, 5) is 16.8. The first-order chi connectivity index (χ1) is 15.2. The lowest BCUT2D eigenvalue weighted by atomic mass is 10.0. The highest BCUT2D eigenvalue weighted by Gasteiger charge is 2.14. The fourth-order valence-electron chi connectivity index (χ4n) is 2.97. The van der Waals surface area contributed by atoms with E-state index in [0.29, 0.717) is 16.6 Å². The van der Waals surface area contributed by atoms with E-state index < -0.39 is 5.82 Å². The van der Waals surface area contributed by atoms with Crippen molar-refractivity contribution in [1.82, 2.24) is 15.2 Å². The number of aromatic nitrogens is 3. The molecule has 0 aliphatic heterocycles. The normalized spacial score (nSPS) is 10.6. The molecule has 0 bridgehead atoms. The minimum Gasteiger partial charge on any atom is -0.324 e. The van der Waals surface area contributed by atoms with Crippen LogP contribution in [0, 0.1) is 5.82 Å². The molecule has 154 valence electrons. The summed E-state index contributed by atoms with van der Waals surface area (Å²) in [5.74, 6) is -0.282. The molecule has 7 heteroatoms. The molecular weight excluding hydrogens is 411 g/mol. The van der Waals surface area contributed by atoms with E-state index in [4.69, 9.17) is 4.98 Å². The highest BCUT2D eigenvalue weighted by Crippen LogP contribution is 2.29. The first kappa shape index (κ1) is 20.7. The molecular formula is C24H19FN4OS. The van der Waals surface area contributed by atoms with Crippen LogP contribution in [0.5, 0.6) is 0 Å². The molecule has 0 aliphatic rings. The van der Waals surface area contributed by atoms with Gasteiger partial charge in [0.25, 0.3) is 0 Å². The molecule has 1 N–H and O–H groups in total. The van der Waals surface area contributed by atoms with Crippen molar-refractivity contribution < 1.29 is 9.18 Å². The van der Waals surface area contributed by atoms with Gasteiger partial charge in [0.2, 0.25) is 11.1 Å². The second-order valence-electron chi connectivity index (χ2n) is 6.65. The van der Waals surface area contributed by atoms with Gasteiger partial charge in [-0.3, -0.25) is 4.79 Å². The lowest BCUT2D eigenvalue weighted by molar-refractivity contribution is -0.115. The molecule has 0 radical (unpaired) electrons. The Bertz CT molecular complexity index is 1170. The van der Waals surface area contributed by atoms with Crippen molar-refractivity contribution in [2.45, 2.75) is 11.6 Å². The second-order valence-corrected chi connectivity index (χ2v) is 7.71. The van der Waals surface area contributed by atoms with Gasteiger partial charge in [0.15, 0.2) is 0 Å². The van der Waals surface area contributed by atoms with Crippen molar-refractivity contribution in [2.24, 2.45) is 0 Å². The largest absolute Gasteiger partial charge is 0.324 e. The van der Waals surface area contributed by atoms with Gasteiger partial charge in [-0.1, -0.05) is 84.6 Å². The average Bonchev–Trinajstić information content (AvgIpc) is 2.82. The zero-order valence-corrected chi connectivity index (χ0v) is 17.3. The smallest absolute Gasteiger partial charge is 0.225 e. The number of benzene rings is 3. The summed E-state index contributed by atoms with van der Waals surface area (Å²) in [6.07, 6.45) is 0.198. The maximum Gasteiger partial charge on any atom is 0.225 e. The first-order valence-corrected chi connectivity index (χ1v) is 10.7. The van der Waals surface area contributed by atoms with Crippen LogP contribution >= 0.6 is 11.8 Å². The summed E-state index contributed by atoms with van der Waals surface area (Å²) in [5.41, 5.74) is 3.49. The number of hydrogen-bond acceptors (Lipinski definition) is 5. The highest BCUT2D eigenvalue weighted by molar-refractivity contribution is 7.99. The predicted molar refractivity (Wildman–Crippen MR) is 121 cm³/mol. The topological polar surface area (TPSA) is 67.8 Å². The van der Waals surface area contributed by atoms with Gasteiger partial charge in [0.1, 0.15) is 17.2 Å². The van der Waals surface area contributed by atoms with Gasteiger partial charge in [-0.15, -0.1) is 10.2 Å². The van der Waals surface area contributed by atoms with Gasteiger partial charge in [-0.25, -0.2) is 9.37 Å². The second kappa shape index (κ2) is 9.95. The van der Waals surface area contributed by atoms with Crippen LogP contribution in [0.1, 0.15) is 6.42 Å². The van der Waals surface area contributed by atoms with Gasteiger partial charge in [-0.2, -0.15) is 0 Å². The fourth-order valence-corrected chi connectivity index (χ4v) is 3.69.